The van der Waals surface area contributed by atoms with Gasteiger partial charge < -0.3 is 14.0 Å². The molecule has 0 spiro atoms. The van der Waals surface area contributed by atoms with Gasteiger partial charge in [-0.1, -0.05) is 53.6 Å². The monoisotopic (exact) mass is 405 g/mol. The molecule has 27 heavy (non-hydrogen) atoms. The molecule has 1 saturated heterocycles. The number of ether oxygens (including phenoxy) is 2. The van der Waals surface area contributed by atoms with Crippen molar-refractivity contribution in [2.24, 2.45) is 5.92 Å². The standard InChI is InChI=1S/C20H20ClNO4S/c1-12-4-6-13(7-5-12)17(27)15-8-9-16(21)22(15)11-10-14-18(23)25-20(2,3)26-19(14)24/h4-9,14H,10-11H2,1-3H3. The predicted molar refractivity (Wildman–Crippen MR) is 106 cm³/mol. The van der Waals surface area contributed by atoms with Crippen LogP contribution in [0.2, 0.25) is 5.15 Å². The Bertz CT molecular complexity index is 881. The van der Waals surface area contributed by atoms with E-state index in [1.165, 1.54) is 13.8 Å². The first-order chi connectivity index (χ1) is 12.7. The van der Waals surface area contributed by atoms with Crippen molar-refractivity contribution in [2.45, 2.75) is 39.5 Å². The molecule has 5 nitrogen and oxygen atoms in total. The van der Waals surface area contributed by atoms with Crippen molar-refractivity contribution >= 4 is 40.6 Å². The third-order valence-electron chi connectivity index (χ3n) is 4.38. The number of halogens is 1. The lowest BCUT2D eigenvalue weighted by Gasteiger charge is -2.33. The lowest BCUT2D eigenvalue weighted by Crippen LogP contribution is -2.46. The predicted octanol–water partition coefficient (Wildman–Crippen LogP) is 4.06. The fourth-order valence-corrected chi connectivity index (χ4v) is 3.51. The highest BCUT2D eigenvalue weighted by molar-refractivity contribution is 7.81. The number of rotatable bonds is 5. The van der Waals surface area contributed by atoms with E-state index in [9.17, 15) is 9.59 Å². The summed E-state index contributed by atoms with van der Waals surface area (Å²) in [5, 5.41) is 0.484. The lowest BCUT2D eigenvalue weighted by molar-refractivity contribution is -0.240. The van der Waals surface area contributed by atoms with Crippen LogP contribution in [-0.4, -0.2) is 27.2 Å². The van der Waals surface area contributed by atoms with Gasteiger partial charge in [-0.3, -0.25) is 9.59 Å². The number of benzene rings is 1. The maximum atomic E-state index is 12.1. The Balaban J connectivity index is 1.78. The zero-order valence-electron chi connectivity index (χ0n) is 15.3. The molecule has 0 bridgehead atoms. The third kappa shape index (κ3) is 4.22. The minimum absolute atomic E-state index is 0.214. The van der Waals surface area contributed by atoms with E-state index in [0.717, 1.165) is 16.8 Å². The van der Waals surface area contributed by atoms with E-state index < -0.39 is 23.6 Å². The number of aryl methyl sites for hydroxylation is 1. The van der Waals surface area contributed by atoms with Gasteiger partial charge in [-0.25, -0.2) is 0 Å². The molecule has 0 unspecified atom stereocenters. The van der Waals surface area contributed by atoms with Crippen LogP contribution in [0.25, 0.3) is 0 Å². The van der Waals surface area contributed by atoms with E-state index in [-0.39, 0.29) is 6.42 Å². The van der Waals surface area contributed by atoms with Crippen LogP contribution in [0.15, 0.2) is 36.4 Å². The second-order valence-electron chi connectivity index (χ2n) is 6.97. The van der Waals surface area contributed by atoms with Crippen LogP contribution in [0.4, 0.5) is 0 Å². The summed E-state index contributed by atoms with van der Waals surface area (Å²) in [5.74, 6) is -3.37. The number of thiocarbonyl (C=S) groups is 1. The Labute approximate surface area is 168 Å². The Hall–Kier alpha value is -2.18. The minimum Gasteiger partial charge on any atom is -0.422 e. The highest BCUT2D eigenvalue weighted by atomic mass is 35.5. The van der Waals surface area contributed by atoms with Crippen molar-refractivity contribution in [1.82, 2.24) is 4.57 Å². The molecular formula is C20H20ClNO4S. The highest BCUT2D eigenvalue weighted by Crippen LogP contribution is 2.27. The van der Waals surface area contributed by atoms with Gasteiger partial charge in [-0.2, -0.15) is 0 Å². The Morgan fingerprint density at radius 2 is 1.70 bits per heavy atom. The molecule has 0 amide bonds. The quantitative estimate of drug-likeness (QED) is 0.325. The molecule has 0 radical (unpaired) electrons. The van der Waals surface area contributed by atoms with Gasteiger partial charge in [0.25, 0.3) is 5.79 Å². The topological polar surface area (TPSA) is 57.5 Å². The summed E-state index contributed by atoms with van der Waals surface area (Å²) in [6.07, 6.45) is 0.214. The molecule has 142 valence electrons. The zero-order valence-corrected chi connectivity index (χ0v) is 16.9. The van der Waals surface area contributed by atoms with E-state index in [0.29, 0.717) is 16.6 Å². The number of hydrogen-bond donors (Lipinski definition) is 0. The first kappa shape index (κ1) is 19.6. The second-order valence-corrected chi connectivity index (χ2v) is 7.77. The average molecular weight is 406 g/mol. The Morgan fingerprint density at radius 1 is 1.11 bits per heavy atom. The average Bonchev–Trinajstić information content (AvgIpc) is 2.94. The number of cyclic esters (lactones) is 2. The van der Waals surface area contributed by atoms with Crippen molar-refractivity contribution in [1.29, 1.82) is 0 Å². The van der Waals surface area contributed by atoms with Gasteiger partial charge in [0.1, 0.15) is 5.15 Å². The maximum Gasteiger partial charge on any atom is 0.323 e. The SMILES string of the molecule is Cc1ccc(C(=S)c2ccc(Cl)n2CCC2C(=O)OC(C)(C)OC2=O)cc1. The molecule has 0 atom stereocenters. The van der Waals surface area contributed by atoms with Crippen LogP contribution in [0.5, 0.6) is 0 Å². The van der Waals surface area contributed by atoms with E-state index in [1.54, 1.807) is 10.6 Å². The number of esters is 2. The van der Waals surface area contributed by atoms with Gasteiger partial charge in [0, 0.05) is 20.4 Å². The summed E-state index contributed by atoms with van der Waals surface area (Å²) >= 11 is 11.9. The van der Waals surface area contributed by atoms with Crippen molar-refractivity contribution in [2.75, 3.05) is 0 Å². The van der Waals surface area contributed by atoms with Crippen LogP contribution < -0.4 is 0 Å². The van der Waals surface area contributed by atoms with E-state index in [4.69, 9.17) is 33.3 Å². The number of aromatic nitrogens is 1. The van der Waals surface area contributed by atoms with Crippen LogP contribution >= 0.6 is 23.8 Å². The minimum atomic E-state index is -1.23. The smallest absolute Gasteiger partial charge is 0.323 e. The molecule has 3 rings (SSSR count). The van der Waals surface area contributed by atoms with E-state index in [2.05, 4.69) is 0 Å². The molecule has 1 aliphatic rings. The highest BCUT2D eigenvalue weighted by Gasteiger charge is 2.42. The van der Waals surface area contributed by atoms with Crippen LogP contribution in [0.3, 0.4) is 0 Å². The van der Waals surface area contributed by atoms with E-state index >= 15 is 0 Å². The maximum absolute atomic E-state index is 12.1. The van der Waals surface area contributed by atoms with Gasteiger partial charge in [0.2, 0.25) is 0 Å². The lowest BCUT2D eigenvalue weighted by atomic mass is 10.0. The molecule has 1 aromatic heterocycles. The molecule has 0 saturated carbocycles. The summed E-state index contributed by atoms with van der Waals surface area (Å²) < 4.78 is 12.1. The molecule has 1 aliphatic heterocycles. The third-order valence-corrected chi connectivity index (χ3v) is 5.15. The normalized spacial score (nSPS) is 16.7. The molecule has 7 heteroatoms. The van der Waals surface area contributed by atoms with Gasteiger partial charge in [-0.15, -0.1) is 0 Å². The van der Waals surface area contributed by atoms with Crippen LogP contribution in [0, 0.1) is 12.8 Å². The number of nitrogens with zero attached hydrogens (tertiary/aromatic N) is 1. The number of carbonyl (C=O) groups is 2. The second kappa shape index (κ2) is 7.44. The zero-order chi connectivity index (χ0) is 19.8. The molecule has 1 fully saturated rings. The number of carbonyl (C=O) groups excluding carboxylic acids is 2. The summed E-state index contributed by atoms with van der Waals surface area (Å²) in [4.78, 5) is 24.9. The summed E-state index contributed by atoms with van der Waals surface area (Å²) in [6, 6.07) is 11.5. The van der Waals surface area contributed by atoms with Crippen LogP contribution in [-0.2, 0) is 25.6 Å². The first-order valence-electron chi connectivity index (χ1n) is 8.60. The van der Waals surface area contributed by atoms with Crippen molar-refractivity contribution in [3.63, 3.8) is 0 Å². The molecule has 1 aromatic carbocycles. The molecular weight excluding hydrogens is 386 g/mol. The molecule has 2 aromatic rings. The number of hydrogen-bond acceptors (Lipinski definition) is 5. The van der Waals surface area contributed by atoms with Crippen LogP contribution in [0.1, 0.15) is 37.1 Å². The summed E-state index contributed by atoms with van der Waals surface area (Å²) in [7, 11) is 0. The van der Waals surface area contributed by atoms with Gasteiger partial charge in [0.15, 0.2) is 5.92 Å². The molecule has 0 N–H and O–H groups in total. The molecule has 0 aliphatic carbocycles. The van der Waals surface area contributed by atoms with E-state index in [1.807, 2.05) is 37.3 Å². The van der Waals surface area contributed by atoms with Crippen molar-refractivity contribution in [3.05, 3.63) is 58.4 Å². The summed E-state index contributed by atoms with van der Waals surface area (Å²) in [5.41, 5.74) is 2.81. The van der Waals surface area contributed by atoms with Crippen molar-refractivity contribution in [3.8, 4) is 0 Å². The van der Waals surface area contributed by atoms with Crippen molar-refractivity contribution < 1.29 is 19.1 Å². The van der Waals surface area contributed by atoms with Gasteiger partial charge in [-0.05, 0) is 31.0 Å². The Kier molecular flexibility index (Phi) is 5.40. The fourth-order valence-electron chi connectivity index (χ4n) is 2.96. The van der Waals surface area contributed by atoms with Gasteiger partial charge >= 0.3 is 11.9 Å². The Morgan fingerprint density at radius 3 is 2.30 bits per heavy atom. The first-order valence-corrected chi connectivity index (χ1v) is 9.39. The fraction of sp³-hybridized carbons (Fsp3) is 0.350. The largest absolute Gasteiger partial charge is 0.422 e. The summed E-state index contributed by atoms with van der Waals surface area (Å²) in [6.45, 7) is 5.40. The van der Waals surface area contributed by atoms with Gasteiger partial charge in [0.05, 0.1) is 10.6 Å². The molecule has 2 heterocycles.